The van der Waals surface area contributed by atoms with Crippen molar-refractivity contribution in [2.24, 2.45) is 0 Å². The number of para-hydroxylation sites is 1. The van der Waals surface area contributed by atoms with Gasteiger partial charge in [0.15, 0.2) is 16.0 Å². The summed E-state index contributed by atoms with van der Waals surface area (Å²) in [6.07, 6.45) is -2.36. The number of methoxy groups -OCH3 is 1. The van der Waals surface area contributed by atoms with Gasteiger partial charge in [-0.05, 0) is 12.1 Å². The van der Waals surface area contributed by atoms with Gasteiger partial charge >= 0.3 is 0 Å². The third-order valence-corrected chi connectivity index (χ3v) is 6.26. The molecule has 0 amide bonds. The van der Waals surface area contributed by atoms with E-state index in [0.717, 1.165) is 13.3 Å². The van der Waals surface area contributed by atoms with Gasteiger partial charge in [0.2, 0.25) is 15.9 Å². The minimum Gasteiger partial charge on any atom is -0.481 e. The molecular weight excluding hydrogens is 442 g/mol. The largest absolute Gasteiger partial charge is 0.481 e. The number of H-pyrrole nitrogens is 1. The lowest BCUT2D eigenvalue weighted by Crippen LogP contribution is -2.47. The van der Waals surface area contributed by atoms with E-state index >= 15 is 0 Å². The summed E-state index contributed by atoms with van der Waals surface area (Å²) < 4.78 is 73.9. The Hall–Kier alpha value is -2.01. The number of halogens is 5. The first-order valence-electron chi connectivity index (χ1n) is 7.58. The zero-order valence-corrected chi connectivity index (χ0v) is 16.3. The average Bonchev–Trinajstić information content (AvgIpc) is 3.08. The van der Waals surface area contributed by atoms with Gasteiger partial charge in [0, 0.05) is 17.1 Å². The summed E-state index contributed by atoms with van der Waals surface area (Å²) in [4.78, 5) is 2.84. The topological polar surface area (TPSA) is 84.1 Å². The van der Waals surface area contributed by atoms with Crippen LogP contribution in [0.2, 0.25) is 5.15 Å². The minimum absolute atomic E-state index is 0.260. The quantitative estimate of drug-likeness (QED) is 0.335. The molecule has 150 valence electrons. The molecule has 2 heterocycles. The van der Waals surface area contributed by atoms with Gasteiger partial charge in [0.25, 0.3) is 6.43 Å². The van der Waals surface area contributed by atoms with Crippen molar-refractivity contribution in [3.63, 3.8) is 0 Å². The van der Waals surface area contributed by atoms with Crippen molar-refractivity contribution >= 4 is 44.1 Å². The lowest BCUT2D eigenvalue weighted by molar-refractivity contribution is 0.0853. The van der Waals surface area contributed by atoms with Gasteiger partial charge in [-0.15, -0.1) is 0 Å². The molecule has 3 rings (SSSR count). The Balaban J connectivity index is 2.14. The Bertz CT molecular complexity index is 1140. The predicted molar refractivity (Wildman–Crippen MR) is 97.9 cm³/mol. The van der Waals surface area contributed by atoms with Gasteiger partial charge in [0.05, 0.1) is 12.7 Å². The first-order chi connectivity index (χ1) is 13.1. The van der Waals surface area contributed by atoms with Crippen LogP contribution >= 0.6 is 23.2 Å². The maximum absolute atomic E-state index is 13.9. The first kappa shape index (κ1) is 20.7. The van der Waals surface area contributed by atoms with Gasteiger partial charge in [-0.25, -0.2) is 21.6 Å². The molecule has 3 aromatic rings. The van der Waals surface area contributed by atoms with Crippen molar-refractivity contribution in [2.75, 3.05) is 7.11 Å². The van der Waals surface area contributed by atoms with Gasteiger partial charge in [0.1, 0.15) is 4.90 Å². The maximum Gasteiger partial charge on any atom is 0.275 e. The predicted octanol–water partition coefficient (Wildman–Crippen LogP) is 4.00. The second-order valence-electron chi connectivity index (χ2n) is 5.63. The molecule has 0 aliphatic carbocycles. The molecule has 0 radical (unpaired) electrons. The van der Waals surface area contributed by atoms with E-state index < -0.39 is 43.9 Å². The number of nitrogens with zero attached hydrogens (tertiary/aromatic N) is 1. The molecule has 2 aromatic heterocycles. The highest BCUT2D eigenvalue weighted by molar-refractivity contribution is 7.89. The van der Waals surface area contributed by atoms with Crippen LogP contribution in [0, 0.1) is 5.82 Å². The molecule has 0 spiro atoms. The molecule has 1 unspecified atom stereocenters. The molecule has 1 atom stereocenters. The number of ether oxygens (including phenoxy) is 1. The second kappa shape index (κ2) is 7.43. The van der Waals surface area contributed by atoms with E-state index in [4.69, 9.17) is 27.9 Å². The molecular formula is C16H12Cl2F3N3O3S. The van der Waals surface area contributed by atoms with Gasteiger partial charge < -0.3 is 9.72 Å². The molecule has 2 N–H and O–H groups in total. The monoisotopic (exact) mass is 453 g/mol. The summed E-state index contributed by atoms with van der Waals surface area (Å²) in [6, 6.07) is 6.89. The maximum atomic E-state index is 13.9. The Morgan fingerprint density at radius 2 is 2.00 bits per heavy atom. The number of fused-ring (bicyclic) bond motifs is 1. The van der Waals surface area contributed by atoms with Crippen LogP contribution in [0.3, 0.4) is 0 Å². The summed E-state index contributed by atoms with van der Waals surface area (Å²) in [7, 11) is -3.51. The van der Waals surface area contributed by atoms with E-state index in [-0.39, 0.29) is 10.3 Å². The smallest absolute Gasteiger partial charge is 0.275 e. The van der Waals surface area contributed by atoms with Crippen LogP contribution in [-0.4, -0.2) is 31.9 Å². The Morgan fingerprint density at radius 3 is 2.64 bits per heavy atom. The third-order valence-electron chi connectivity index (χ3n) is 3.91. The lowest BCUT2D eigenvalue weighted by Gasteiger charge is -2.28. The number of alkyl halides is 3. The molecule has 0 saturated heterocycles. The minimum atomic E-state index is -4.57. The number of pyridine rings is 1. The molecule has 0 aliphatic rings. The van der Waals surface area contributed by atoms with Crippen LogP contribution in [0.25, 0.3) is 10.9 Å². The van der Waals surface area contributed by atoms with Crippen molar-refractivity contribution in [3.05, 3.63) is 53.1 Å². The van der Waals surface area contributed by atoms with Crippen LogP contribution in [0.1, 0.15) is 5.56 Å². The number of nitrogens with one attached hydrogen (secondary N) is 2. The van der Waals surface area contributed by atoms with Crippen molar-refractivity contribution in [1.82, 2.24) is 14.7 Å². The van der Waals surface area contributed by atoms with Gasteiger partial charge in [-0.1, -0.05) is 41.4 Å². The summed E-state index contributed by atoms with van der Waals surface area (Å²) in [6.45, 7) is 0. The van der Waals surface area contributed by atoms with Crippen molar-refractivity contribution in [2.45, 2.75) is 16.3 Å². The number of benzene rings is 1. The standard InChI is InChI=1S/C16H12Cl2F3N3O3S/c1-27-14-9(6-10(19)13(17)23-14)16(18,15(20)21)24-28(25,26)12-7-22-11-5-3-2-4-8(11)12/h2-7,15,22,24H,1H3. The lowest BCUT2D eigenvalue weighted by atomic mass is 10.1. The zero-order chi connectivity index (χ0) is 20.7. The fraction of sp³-hybridized carbons (Fsp3) is 0.188. The second-order valence-corrected chi connectivity index (χ2v) is 8.24. The highest BCUT2D eigenvalue weighted by Gasteiger charge is 2.47. The van der Waals surface area contributed by atoms with Gasteiger partial charge in [-0.2, -0.15) is 9.71 Å². The van der Waals surface area contributed by atoms with E-state index in [2.05, 4.69) is 9.97 Å². The number of hydrogen-bond acceptors (Lipinski definition) is 4. The summed E-state index contributed by atoms with van der Waals surface area (Å²) in [5.74, 6) is -1.72. The molecule has 0 saturated carbocycles. The Kier molecular flexibility index (Phi) is 5.50. The zero-order valence-electron chi connectivity index (χ0n) is 14.0. The van der Waals surface area contributed by atoms with Crippen LogP contribution in [0.15, 0.2) is 41.4 Å². The van der Waals surface area contributed by atoms with E-state index in [0.29, 0.717) is 11.6 Å². The van der Waals surface area contributed by atoms with Gasteiger partial charge in [-0.3, -0.25) is 0 Å². The SMILES string of the molecule is COc1nc(Cl)c(F)cc1C(Cl)(NS(=O)(=O)c1c[nH]c2ccccc12)C(F)F. The summed E-state index contributed by atoms with van der Waals surface area (Å²) in [5.41, 5.74) is -0.256. The Labute approximate surface area is 167 Å². The fourth-order valence-electron chi connectivity index (χ4n) is 2.60. The molecule has 0 fully saturated rings. The number of rotatable bonds is 6. The van der Waals surface area contributed by atoms with Crippen LogP contribution in [0.4, 0.5) is 13.2 Å². The van der Waals surface area contributed by atoms with Crippen LogP contribution in [0.5, 0.6) is 5.88 Å². The van der Waals surface area contributed by atoms with Crippen molar-refractivity contribution in [1.29, 1.82) is 0 Å². The molecule has 0 aliphatic heterocycles. The highest BCUT2D eigenvalue weighted by atomic mass is 35.5. The van der Waals surface area contributed by atoms with E-state index in [9.17, 15) is 21.6 Å². The summed E-state index contributed by atoms with van der Waals surface area (Å²) >= 11 is 11.5. The van der Waals surface area contributed by atoms with E-state index in [1.54, 1.807) is 22.9 Å². The number of sulfonamides is 1. The van der Waals surface area contributed by atoms with Crippen molar-refractivity contribution in [3.8, 4) is 5.88 Å². The highest BCUT2D eigenvalue weighted by Crippen LogP contribution is 2.40. The molecule has 0 bridgehead atoms. The molecule has 1 aromatic carbocycles. The van der Waals surface area contributed by atoms with Crippen LogP contribution < -0.4 is 9.46 Å². The van der Waals surface area contributed by atoms with E-state index in [1.165, 1.54) is 6.07 Å². The Morgan fingerprint density at radius 1 is 1.32 bits per heavy atom. The molecule has 12 heteroatoms. The van der Waals surface area contributed by atoms with Crippen molar-refractivity contribution < 1.29 is 26.3 Å². The van der Waals surface area contributed by atoms with E-state index in [1.807, 2.05) is 0 Å². The molecule has 6 nitrogen and oxygen atoms in total. The number of aromatic amines is 1. The number of aromatic nitrogens is 2. The average molecular weight is 454 g/mol. The van der Waals surface area contributed by atoms with Crippen LogP contribution in [-0.2, 0) is 15.0 Å². The molecule has 28 heavy (non-hydrogen) atoms. The fourth-order valence-corrected chi connectivity index (χ4v) is 4.55. The third kappa shape index (κ3) is 3.52. The normalized spacial score (nSPS) is 14.4. The summed E-state index contributed by atoms with van der Waals surface area (Å²) in [5, 5.41) is -0.385. The number of hydrogen-bond donors (Lipinski definition) is 2. The first-order valence-corrected chi connectivity index (χ1v) is 9.81.